The highest BCUT2D eigenvalue weighted by molar-refractivity contribution is 7.81. The summed E-state index contributed by atoms with van der Waals surface area (Å²) < 4.78 is 50.6. The van der Waals surface area contributed by atoms with Crippen molar-refractivity contribution in [3.05, 3.63) is 29.6 Å². The van der Waals surface area contributed by atoms with Crippen LogP contribution >= 0.6 is 0 Å². The molecule has 8 heteroatoms. The van der Waals surface area contributed by atoms with Gasteiger partial charge >= 0.3 is 6.18 Å². The Balaban J connectivity index is 2.64. The molecule has 4 nitrogen and oxygen atoms in total. The lowest BCUT2D eigenvalue weighted by Gasteiger charge is -2.10. The second-order valence-electron chi connectivity index (χ2n) is 3.02. The van der Waals surface area contributed by atoms with Crippen molar-refractivity contribution in [1.29, 1.82) is 5.26 Å². The summed E-state index contributed by atoms with van der Waals surface area (Å²) in [6, 6.07) is 2.12. The van der Waals surface area contributed by atoms with Gasteiger partial charge in [0.05, 0.1) is 0 Å². The zero-order valence-corrected chi connectivity index (χ0v) is 9.25. The van der Waals surface area contributed by atoms with Gasteiger partial charge in [0, 0.05) is 6.20 Å². The first kappa shape index (κ1) is 13.6. The van der Waals surface area contributed by atoms with Gasteiger partial charge in [0.15, 0.2) is 0 Å². The van der Waals surface area contributed by atoms with Crippen molar-refractivity contribution in [2.45, 2.75) is 12.6 Å². The molecule has 0 aromatic carbocycles. The molecule has 0 radical (unpaired) electrons. The van der Waals surface area contributed by atoms with Crippen molar-refractivity contribution < 1.29 is 17.7 Å². The number of nitriles is 1. The zero-order chi connectivity index (χ0) is 12.9. The third-order valence-electron chi connectivity index (χ3n) is 1.82. The van der Waals surface area contributed by atoms with Gasteiger partial charge in [-0.25, -0.2) is 0 Å². The summed E-state index contributed by atoms with van der Waals surface area (Å²) in [7, 11) is -1.63. The molecule has 0 saturated carbocycles. The molecule has 0 aliphatic carbocycles. The lowest BCUT2D eigenvalue weighted by Crippen LogP contribution is -2.08. The topological polar surface area (TPSA) is 72.1 Å². The molecule has 0 saturated heterocycles. The fraction of sp³-hybridized carbons (Fsp3) is 0.333. The molecular formula is C9H7F3N3OS-. The molecule has 1 aromatic rings. The van der Waals surface area contributed by atoms with E-state index < -0.39 is 22.8 Å². The number of nitrogens with zero attached hydrogens (tertiary/aromatic N) is 3. The first-order chi connectivity index (χ1) is 7.93. The Morgan fingerprint density at radius 2 is 2.18 bits per heavy atom. The van der Waals surface area contributed by atoms with Crippen molar-refractivity contribution in [1.82, 2.24) is 4.98 Å². The number of halogens is 3. The van der Waals surface area contributed by atoms with Crippen LogP contribution in [0.4, 0.5) is 13.2 Å². The highest BCUT2D eigenvalue weighted by Crippen LogP contribution is 2.27. The van der Waals surface area contributed by atoms with Crippen LogP contribution in [-0.2, 0) is 23.6 Å². The van der Waals surface area contributed by atoms with E-state index >= 15 is 0 Å². The van der Waals surface area contributed by atoms with Crippen molar-refractivity contribution in [3.8, 4) is 6.19 Å². The van der Waals surface area contributed by atoms with E-state index in [1.165, 1.54) is 12.3 Å². The molecule has 17 heavy (non-hydrogen) atoms. The van der Waals surface area contributed by atoms with Gasteiger partial charge in [0.25, 0.3) is 0 Å². The Hall–Kier alpha value is -1.46. The standard InChI is InChI=1S/C9H7F3N3OS/c10-9(11,12)8-2-1-7(5-14-8)3-4-17(16)15-6-13/h1-2,5H,3-4H2/q-1. The number of aromatic nitrogens is 1. The molecular weight excluding hydrogens is 255 g/mol. The third-order valence-corrected chi connectivity index (χ3v) is 2.66. The van der Waals surface area contributed by atoms with Gasteiger partial charge in [-0.05, 0) is 23.8 Å². The zero-order valence-electron chi connectivity index (χ0n) is 8.44. The minimum absolute atomic E-state index is 0.0839. The summed E-state index contributed by atoms with van der Waals surface area (Å²) in [5.74, 6) is 0.0839. The van der Waals surface area contributed by atoms with Crippen LogP contribution in [0.15, 0.2) is 22.7 Å². The molecule has 0 aliphatic rings. The molecule has 0 N–H and O–H groups in total. The van der Waals surface area contributed by atoms with Crippen LogP contribution in [0.25, 0.3) is 0 Å². The van der Waals surface area contributed by atoms with Gasteiger partial charge in [-0.3, -0.25) is 4.98 Å². The predicted molar refractivity (Wildman–Crippen MR) is 54.0 cm³/mol. The van der Waals surface area contributed by atoms with Crippen LogP contribution in [0.3, 0.4) is 0 Å². The number of alkyl halides is 3. The smallest absolute Gasteiger partial charge is 0.433 e. The van der Waals surface area contributed by atoms with E-state index in [4.69, 9.17) is 5.26 Å². The Bertz CT molecular complexity index is 450. The molecule has 92 valence electrons. The normalized spacial score (nSPS) is 13.4. The Morgan fingerprint density at radius 1 is 1.47 bits per heavy atom. The second kappa shape index (κ2) is 5.75. The van der Waals surface area contributed by atoms with E-state index in [0.717, 1.165) is 12.3 Å². The number of aryl methyl sites for hydroxylation is 1. The highest BCUT2D eigenvalue weighted by Gasteiger charge is 2.31. The molecule has 1 rings (SSSR count). The molecule has 0 aliphatic heterocycles. The van der Waals surface area contributed by atoms with E-state index in [1.54, 1.807) is 0 Å². The molecule has 1 unspecified atom stereocenters. The summed E-state index contributed by atoms with van der Waals surface area (Å²) in [5, 5.41) is 8.11. The number of rotatable bonds is 3. The largest absolute Gasteiger partial charge is 0.788 e. The van der Waals surface area contributed by atoms with Gasteiger partial charge in [0.2, 0.25) is 6.19 Å². The van der Waals surface area contributed by atoms with Gasteiger partial charge < -0.3 is 4.55 Å². The van der Waals surface area contributed by atoms with Crippen molar-refractivity contribution in [3.63, 3.8) is 0 Å². The van der Waals surface area contributed by atoms with Crippen LogP contribution in [0.5, 0.6) is 0 Å². The average molecular weight is 262 g/mol. The van der Waals surface area contributed by atoms with Crippen molar-refractivity contribution in [2.24, 2.45) is 4.36 Å². The Morgan fingerprint density at radius 3 is 2.65 bits per heavy atom. The van der Waals surface area contributed by atoms with Crippen LogP contribution < -0.4 is 0 Å². The lowest BCUT2D eigenvalue weighted by molar-refractivity contribution is -0.141. The molecule has 0 bridgehead atoms. The van der Waals surface area contributed by atoms with Crippen molar-refractivity contribution >= 4 is 11.0 Å². The van der Waals surface area contributed by atoms with Gasteiger partial charge in [0.1, 0.15) is 5.69 Å². The number of hydrogen-bond donors (Lipinski definition) is 0. The Kier molecular flexibility index (Phi) is 4.60. The first-order valence-electron chi connectivity index (χ1n) is 4.44. The summed E-state index contributed by atoms with van der Waals surface area (Å²) >= 11 is 0. The highest BCUT2D eigenvalue weighted by atomic mass is 32.2. The van der Waals surface area contributed by atoms with Crippen LogP contribution in [0.1, 0.15) is 11.3 Å². The van der Waals surface area contributed by atoms with E-state index in [-0.39, 0.29) is 12.2 Å². The maximum Gasteiger partial charge on any atom is 0.433 e. The molecule has 0 fully saturated rings. The molecule has 0 spiro atoms. The fourth-order valence-electron chi connectivity index (χ4n) is 1.04. The van der Waals surface area contributed by atoms with Gasteiger partial charge in [-0.15, -0.1) is 0 Å². The lowest BCUT2D eigenvalue weighted by atomic mass is 10.2. The summed E-state index contributed by atoms with van der Waals surface area (Å²) in [6.07, 6.45) is -1.74. The molecule has 1 atom stereocenters. The van der Waals surface area contributed by atoms with Crippen LogP contribution in [-0.4, -0.2) is 15.3 Å². The predicted octanol–water partition coefficient (Wildman–Crippen LogP) is 2.06. The van der Waals surface area contributed by atoms with Crippen LogP contribution in [0, 0.1) is 11.5 Å². The Labute approximate surface area is 98.0 Å². The maximum absolute atomic E-state index is 12.2. The molecule has 0 amide bonds. The average Bonchev–Trinajstić information content (AvgIpc) is 2.26. The minimum atomic E-state index is -4.46. The SMILES string of the molecule is N#CN=S([O-])CCc1ccc(C(F)(F)F)nc1. The van der Waals surface area contributed by atoms with Gasteiger partial charge in [-0.1, -0.05) is 6.07 Å². The monoisotopic (exact) mass is 262 g/mol. The quantitative estimate of drug-likeness (QED) is 0.782. The maximum atomic E-state index is 12.2. The van der Waals surface area contributed by atoms with E-state index in [0.29, 0.717) is 5.56 Å². The van der Waals surface area contributed by atoms with Gasteiger partial charge in [-0.2, -0.15) is 33.8 Å². The van der Waals surface area contributed by atoms with Crippen molar-refractivity contribution in [2.75, 3.05) is 5.75 Å². The van der Waals surface area contributed by atoms with E-state index in [2.05, 4.69) is 9.35 Å². The fourth-order valence-corrected chi connectivity index (χ4v) is 1.63. The van der Waals surface area contributed by atoms with E-state index in [1.807, 2.05) is 0 Å². The minimum Gasteiger partial charge on any atom is -0.788 e. The van der Waals surface area contributed by atoms with E-state index in [9.17, 15) is 17.7 Å². The first-order valence-corrected chi connectivity index (χ1v) is 5.71. The van der Waals surface area contributed by atoms with Crippen LogP contribution in [0.2, 0.25) is 0 Å². The second-order valence-corrected chi connectivity index (χ2v) is 4.25. The summed E-state index contributed by atoms with van der Waals surface area (Å²) in [4.78, 5) is 3.25. The summed E-state index contributed by atoms with van der Waals surface area (Å²) in [5.41, 5.74) is -0.455. The summed E-state index contributed by atoms with van der Waals surface area (Å²) in [6.45, 7) is 0. The number of hydrogen-bond acceptors (Lipinski definition) is 4. The number of pyridine rings is 1. The third kappa shape index (κ3) is 4.50. The molecule has 1 aromatic heterocycles. The molecule has 1 heterocycles.